The topological polar surface area (TPSA) is 75.6 Å². The van der Waals surface area contributed by atoms with Gasteiger partial charge in [-0.2, -0.15) is 11.8 Å². The van der Waals surface area contributed by atoms with Gasteiger partial charge in [-0.15, -0.1) is 0 Å². The molecule has 4 saturated carbocycles. The summed E-state index contributed by atoms with van der Waals surface area (Å²) in [6.45, 7) is 5.31. The third-order valence-electron chi connectivity index (χ3n) is 5.53. The van der Waals surface area contributed by atoms with Crippen LogP contribution >= 0.6 is 11.8 Å². The summed E-state index contributed by atoms with van der Waals surface area (Å²) in [5, 5.41) is 12.0. The summed E-state index contributed by atoms with van der Waals surface area (Å²) in [6.07, 6.45) is 7.14. The predicted molar refractivity (Wildman–Crippen MR) is 94.2 cm³/mol. The Hall–Kier alpha value is -0.910. The first kappa shape index (κ1) is 17.9. The summed E-state index contributed by atoms with van der Waals surface area (Å²) in [7, 11) is 0. The number of alkyl carbamates (subject to hydrolysis) is 1. The molecule has 0 unspecified atom stereocenters. The highest BCUT2D eigenvalue weighted by Gasteiger charge is 2.51. The van der Waals surface area contributed by atoms with Crippen molar-refractivity contribution in [3.8, 4) is 0 Å². The molecule has 0 aromatic heterocycles. The van der Waals surface area contributed by atoms with Crippen LogP contribution in [-0.2, 0) is 9.53 Å². The predicted octanol–water partition coefficient (Wildman–Crippen LogP) is 3.67. The molecule has 4 fully saturated rings. The van der Waals surface area contributed by atoms with Crippen LogP contribution in [0.4, 0.5) is 4.79 Å². The minimum Gasteiger partial charge on any atom is -0.480 e. The van der Waals surface area contributed by atoms with Gasteiger partial charge in [0.05, 0.1) is 0 Å². The van der Waals surface area contributed by atoms with Gasteiger partial charge in [-0.1, -0.05) is 0 Å². The van der Waals surface area contributed by atoms with Crippen LogP contribution in [0.3, 0.4) is 0 Å². The van der Waals surface area contributed by atoms with Crippen LogP contribution in [-0.4, -0.2) is 39.3 Å². The third-order valence-corrected chi connectivity index (χ3v) is 7.14. The second-order valence-electron chi connectivity index (χ2n) is 8.95. The van der Waals surface area contributed by atoms with E-state index in [1.165, 1.54) is 38.5 Å². The van der Waals surface area contributed by atoms with Gasteiger partial charge >= 0.3 is 12.1 Å². The molecule has 0 spiro atoms. The SMILES string of the molecule is CC(C)(C)OC(=O)N[C@@H](CSC12CC3CC(CC(C3)C1)C2)C(=O)O. The molecule has 4 aliphatic rings. The Labute approximate surface area is 148 Å². The summed E-state index contributed by atoms with van der Waals surface area (Å²) in [5.74, 6) is 1.95. The lowest BCUT2D eigenvalue weighted by atomic mass is 9.56. The van der Waals surface area contributed by atoms with Gasteiger partial charge in [0.15, 0.2) is 0 Å². The molecule has 6 heteroatoms. The van der Waals surface area contributed by atoms with Crippen molar-refractivity contribution in [3.05, 3.63) is 0 Å². The minimum absolute atomic E-state index is 0.248. The van der Waals surface area contributed by atoms with Gasteiger partial charge in [0.25, 0.3) is 0 Å². The Kier molecular flexibility index (Phi) is 4.80. The van der Waals surface area contributed by atoms with Crippen molar-refractivity contribution >= 4 is 23.8 Å². The number of ether oxygens (including phenoxy) is 1. The Morgan fingerprint density at radius 3 is 2.08 bits per heavy atom. The van der Waals surface area contributed by atoms with Crippen molar-refractivity contribution in [1.82, 2.24) is 5.32 Å². The molecule has 0 aromatic carbocycles. The lowest BCUT2D eigenvalue weighted by Gasteiger charge is -2.56. The molecule has 1 atom stereocenters. The van der Waals surface area contributed by atoms with Crippen molar-refractivity contribution in [2.45, 2.75) is 75.7 Å². The highest BCUT2D eigenvalue weighted by atomic mass is 32.2. The number of aliphatic carboxylic acids is 1. The first-order chi connectivity index (χ1) is 11.1. The fraction of sp³-hybridized carbons (Fsp3) is 0.889. The van der Waals surface area contributed by atoms with E-state index < -0.39 is 23.7 Å². The van der Waals surface area contributed by atoms with Crippen LogP contribution < -0.4 is 5.32 Å². The summed E-state index contributed by atoms with van der Waals surface area (Å²) in [5.41, 5.74) is -0.625. The van der Waals surface area contributed by atoms with Gasteiger partial charge in [-0.05, 0) is 77.0 Å². The normalized spacial score (nSPS) is 35.5. The molecule has 0 heterocycles. The molecule has 0 saturated heterocycles. The quantitative estimate of drug-likeness (QED) is 0.787. The maximum absolute atomic E-state index is 11.9. The van der Waals surface area contributed by atoms with E-state index >= 15 is 0 Å². The van der Waals surface area contributed by atoms with E-state index in [9.17, 15) is 14.7 Å². The van der Waals surface area contributed by atoms with Crippen molar-refractivity contribution in [3.63, 3.8) is 0 Å². The maximum Gasteiger partial charge on any atom is 0.408 e. The van der Waals surface area contributed by atoms with E-state index in [0.29, 0.717) is 5.75 Å². The maximum atomic E-state index is 11.9. The van der Waals surface area contributed by atoms with Gasteiger partial charge in [-0.3, -0.25) is 0 Å². The number of nitrogens with one attached hydrogen (secondary N) is 1. The fourth-order valence-electron chi connectivity index (χ4n) is 5.09. The first-order valence-corrected chi connectivity index (χ1v) is 9.99. The van der Waals surface area contributed by atoms with Crippen molar-refractivity contribution in [2.75, 3.05) is 5.75 Å². The molecule has 4 rings (SSSR count). The zero-order valence-corrected chi connectivity index (χ0v) is 15.7. The van der Waals surface area contributed by atoms with E-state index in [-0.39, 0.29) is 4.75 Å². The number of rotatable bonds is 5. The molecule has 4 bridgehead atoms. The van der Waals surface area contributed by atoms with Gasteiger partial charge in [-0.25, -0.2) is 9.59 Å². The fourth-order valence-corrected chi connectivity index (χ4v) is 6.90. The number of hydrogen-bond donors (Lipinski definition) is 2. The van der Waals surface area contributed by atoms with Crippen LogP contribution in [0, 0.1) is 17.8 Å². The van der Waals surface area contributed by atoms with E-state index in [4.69, 9.17) is 4.74 Å². The molecule has 0 radical (unpaired) electrons. The molecule has 1 amide bonds. The third kappa shape index (κ3) is 4.19. The molecule has 0 aliphatic heterocycles. The Morgan fingerprint density at radius 1 is 1.17 bits per heavy atom. The van der Waals surface area contributed by atoms with Crippen LogP contribution in [0.5, 0.6) is 0 Å². The molecule has 136 valence electrons. The van der Waals surface area contributed by atoms with Crippen molar-refractivity contribution < 1.29 is 19.4 Å². The zero-order chi connectivity index (χ0) is 17.5. The highest BCUT2D eigenvalue weighted by molar-refractivity contribution is 8.00. The minimum atomic E-state index is -0.988. The van der Waals surface area contributed by atoms with E-state index in [0.717, 1.165) is 17.8 Å². The number of carbonyl (C=O) groups excluding carboxylic acids is 1. The van der Waals surface area contributed by atoms with Gasteiger partial charge < -0.3 is 15.2 Å². The van der Waals surface area contributed by atoms with Crippen LogP contribution in [0.2, 0.25) is 0 Å². The number of hydrogen-bond acceptors (Lipinski definition) is 4. The second kappa shape index (κ2) is 6.43. The molecule has 0 aromatic rings. The Morgan fingerprint density at radius 2 is 1.67 bits per heavy atom. The average Bonchev–Trinajstić information content (AvgIpc) is 2.39. The van der Waals surface area contributed by atoms with Crippen molar-refractivity contribution in [1.29, 1.82) is 0 Å². The van der Waals surface area contributed by atoms with E-state index in [1.807, 2.05) is 0 Å². The number of carboxylic acids is 1. The van der Waals surface area contributed by atoms with Crippen LogP contribution in [0.1, 0.15) is 59.3 Å². The lowest BCUT2D eigenvalue weighted by molar-refractivity contribution is -0.138. The van der Waals surface area contributed by atoms with Crippen LogP contribution in [0.15, 0.2) is 0 Å². The van der Waals surface area contributed by atoms with Gasteiger partial charge in [0, 0.05) is 10.5 Å². The highest BCUT2D eigenvalue weighted by Crippen LogP contribution is 2.60. The van der Waals surface area contributed by atoms with E-state index in [2.05, 4.69) is 5.32 Å². The summed E-state index contributed by atoms with van der Waals surface area (Å²) >= 11 is 1.78. The Bertz CT molecular complexity index is 478. The molecule has 4 aliphatic carbocycles. The average molecular weight is 356 g/mol. The standard InChI is InChI=1S/C18H29NO4S/c1-17(2,3)23-16(22)19-14(15(20)21)10-24-18-7-11-4-12(8-18)6-13(5-11)9-18/h11-14H,4-10H2,1-3H3,(H,19,22)(H,20,21)/t11?,12?,13?,14-,18?/m0/s1. The Balaban J connectivity index is 1.57. The molecular weight excluding hydrogens is 326 g/mol. The number of carboxylic acid groups (broad SMARTS) is 1. The zero-order valence-electron chi connectivity index (χ0n) is 14.8. The summed E-state index contributed by atoms with van der Waals surface area (Å²) in [4.78, 5) is 23.4. The van der Waals surface area contributed by atoms with Crippen molar-refractivity contribution in [2.24, 2.45) is 17.8 Å². The summed E-state index contributed by atoms with van der Waals surface area (Å²) in [6, 6.07) is -0.891. The second-order valence-corrected chi connectivity index (χ2v) is 10.4. The molecular formula is C18H29NO4S. The molecule has 24 heavy (non-hydrogen) atoms. The number of carbonyl (C=O) groups is 2. The molecule has 2 N–H and O–H groups in total. The monoisotopic (exact) mass is 355 g/mol. The van der Waals surface area contributed by atoms with Gasteiger partial charge in [0.1, 0.15) is 11.6 Å². The smallest absolute Gasteiger partial charge is 0.408 e. The largest absolute Gasteiger partial charge is 0.480 e. The number of amides is 1. The lowest BCUT2D eigenvalue weighted by Crippen LogP contribution is -2.50. The van der Waals surface area contributed by atoms with Crippen LogP contribution in [0.25, 0.3) is 0 Å². The first-order valence-electron chi connectivity index (χ1n) is 9.00. The number of thioether (sulfide) groups is 1. The van der Waals surface area contributed by atoms with E-state index in [1.54, 1.807) is 32.5 Å². The van der Waals surface area contributed by atoms with Gasteiger partial charge in [0.2, 0.25) is 0 Å². The summed E-state index contributed by atoms with van der Waals surface area (Å²) < 4.78 is 5.44. The molecule has 5 nitrogen and oxygen atoms in total.